The summed E-state index contributed by atoms with van der Waals surface area (Å²) in [6.07, 6.45) is 1.20. The third-order valence-electron chi connectivity index (χ3n) is 3.34. The van der Waals surface area contributed by atoms with Gasteiger partial charge in [-0.2, -0.15) is 11.8 Å². The van der Waals surface area contributed by atoms with Gasteiger partial charge in [0.15, 0.2) is 0 Å². The molecule has 0 bridgehead atoms. The second-order valence-corrected chi connectivity index (χ2v) is 6.77. The summed E-state index contributed by atoms with van der Waals surface area (Å²) in [5.41, 5.74) is 1.13. The largest absolute Gasteiger partial charge is 0.494 e. The van der Waals surface area contributed by atoms with Gasteiger partial charge in [0.2, 0.25) is 5.91 Å². The summed E-state index contributed by atoms with van der Waals surface area (Å²) in [5.74, 6) is 2.65. The molecule has 2 aromatic rings. The average Bonchev–Trinajstić information content (AvgIpc) is 2.61. The molecule has 0 unspecified atom stereocenters. The highest BCUT2D eigenvalue weighted by Crippen LogP contribution is 2.20. The van der Waals surface area contributed by atoms with Crippen molar-refractivity contribution in [2.24, 2.45) is 0 Å². The molecule has 0 radical (unpaired) electrons. The van der Waals surface area contributed by atoms with Gasteiger partial charge in [0.05, 0.1) is 6.61 Å². The topological polar surface area (TPSA) is 38.3 Å². The van der Waals surface area contributed by atoms with Crippen molar-refractivity contribution in [2.45, 2.75) is 18.6 Å². The van der Waals surface area contributed by atoms with E-state index >= 15 is 0 Å². The van der Waals surface area contributed by atoms with Gasteiger partial charge >= 0.3 is 0 Å². The first kappa shape index (κ1) is 18.7. The minimum Gasteiger partial charge on any atom is -0.494 e. The van der Waals surface area contributed by atoms with E-state index in [2.05, 4.69) is 5.32 Å². The minimum atomic E-state index is 0.0741. The minimum absolute atomic E-state index is 0.0741. The van der Waals surface area contributed by atoms with E-state index in [0.29, 0.717) is 26.0 Å². The molecule has 0 atom stereocenters. The molecule has 128 valence electrons. The number of benzene rings is 2. The van der Waals surface area contributed by atoms with Gasteiger partial charge in [0.25, 0.3) is 0 Å². The fourth-order valence-corrected chi connectivity index (χ4v) is 3.23. The molecule has 0 aliphatic carbocycles. The van der Waals surface area contributed by atoms with Crippen LogP contribution in [-0.4, -0.2) is 24.8 Å². The van der Waals surface area contributed by atoms with Gasteiger partial charge in [0, 0.05) is 29.5 Å². The highest BCUT2D eigenvalue weighted by Gasteiger charge is 2.02. The number of nitrogens with one attached hydrogen (secondary N) is 1. The highest BCUT2D eigenvalue weighted by molar-refractivity contribution is 7.98. The number of hydrogen-bond acceptors (Lipinski definition) is 3. The smallest absolute Gasteiger partial charge is 0.220 e. The number of para-hydroxylation sites is 1. The van der Waals surface area contributed by atoms with Crippen LogP contribution in [0.2, 0.25) is 5.02 Å². The fraction of sp³-hybridized carbons (Fsp3) is 0.316. The molecule has 3 nitrogen and oxygen atoms in total. The number of ether oxygens (including phenoxy) is 1. The third kappa shape index (κ3) is 7.28. The standard InChI is InChI=1S/C19H22ClNO2S/c20-18-10-5-4-7-16(18)15-24-14-12-21-19(22)11-6-13-23-17-8-2-1-3-9-17/h1-5,7-10H,6,11-15H2,(H,21,22). The summed E-state index contributed by atoms with van der Waals surface area (Å²) in [5, 5.41) is 3.73. The van der Waals surface area contributed by atoms with Crippen molar-refractivity contribution in [3.63, 3.8) is 0 Å². The van der Waals surface area contributed by atoms with Crippen LogP contribution in [0.3, 0.4) is 0 Å². The molecule has 0 aliphatic rings. The van der Waals surface area contributed by atoms with Gasteiger partial charge in [-0.1, -0.05) is 48.0 Å². The van der Waals surface area contributed by atoms with Crippen molar-refractivity contribution in [3.8, 4) is 5.75 Å². The van der Waals surface area contributed by atoms with E-state index < -0.39 is 0 Å². The van der Waals surface area contributed by atoms with Crippen LogP contribution < -0.4 is 10.1 Å². The third-order valence-corrected chi connectivity index (χ3v) is 4.72. The number of carbonyl (C=O) groups is 1. The Kier molecular flexibility index (Phi) is 8.56. The number of carbonyl (C=O) groups excluding carboxylic acids is 1. The lowest BCUT2D eigenvalue weighted by Gasteiger charge is -2.07. The Bertz CT molecular complexity index is 622. The molecular weight excluding hydrogens is 342 g/mol. The molecule has 0 saturated heterocycles. The van der Waals surface area contributed by atoms with Crippen LogP contribution in [0.4, 0.5) is 0 Å². The quantitative estimate of drug-likeness (QED) is 0.629. The van der Waals surface area contributed by atoms with Crippen LogP contribution >= 0.6 is 23.4 Å². The van der Waals surface area contributed by atoms with Crippen LogP contribution in [-0.2, 0) is 10.5 Å². The number of thioether (sulfide) groups is 1. The summed E-state index contributed by atoms with van der Waals surface area (Å²) in [4.78, 5) is 11.7. The average molecular weight is 364 g/mol. The van der Waals surface area contributed by atoms with Crippen LogP contribution in [0.1, 0.15) is 18.4 Å². The zero-order valence-corrected chi connectivity index (χ0v) is 15.1. The zero-order valence-electron chi connectivity index (χ0n) is 13.5. The Morgan fingerprint density at radius 2 is 1.83 bits per heavy atom. The number of halogens is 1. The molecule has 0 spiro atoms. The molecule has 2 rings (SSSR count). The molecule has 0 saturated carbocycles. The SMILES string of the molecule is O=C(CCCOc1ccccc1)NCCSCc1ccccc1Cl. The lowest BCUT2D eigenvalue weighted by Crippen LogP contribution is -2.25. The van der Waals surface area contributed by atoms with E-state index in [0.717, 1.165) is 27.8 Å². The maximum Gasteiger partial charge on any atom is 0.220 e. The summed E-state index contributed by atoms with van der Waals surface area (Å²) < 4.78 is 5.56. The molecule has 0 aromatic heterocycles. The Hall–Kier alpha value is -1.65. The maximum absolute atomic E-state index is 11.7. The number of rotatable bonds is 10. The van der Waals surface area contributed by atoms with Gasteiger partial charge in [-0.3, -0.25) is 4.79 Å². The Morgan fingerprint density at radius 1 is 1.08 bits per heavy atom. The molecule has 2 aromatic carbocycles. The highest BCUT2D eigenvalue weighted by atomic mass is 35.5. The number of hydrogen-bond donors (Lipinski definition) is 1. The van der Waals surface area contributed by atoms with Gasteiger partial charge in [-0.25, -0.2) is 0 Å². The Labute approximate surface area is 152 Å². The van der Waals surface area contributed by atoms with Crippen LogP contribution in [0.15, 0.2) is 54.6 Å². The normalized spacial score (nSPS) is 10.4. The molecule has 1 amide bonds. The van der Waals surface area contributed by atoms with Crippen LogP contribution in [0.25, 0.3) is 0 Å². The van der Waals surface area contributed by atoms with Crippen molar-refractivity contribution >= 4 is 29.3 Å². The molecule has 5 heteroatoms. The predicted octanol–water partition coefficient (Wildman–Crippen LogP) is 4.55. The van der Waals surface area contributed by atoms with Gasteiger partial charge in [-0.15, -0.1) is 0 Å². The van der Waals surface area contributed by atoms with Crippen LogP contribution in [0, 0.1) is 0 Å². The Morgan fingerprint density at radius 3 is 2.62 bits per heavy atom. The van der Waals surface area contributed by atoms with E-state index in [1.807, 2.05) is 54.6 Å². The first-order chi connectivity index (χ1) is 11.8. The first-order valence-corrected chi connectivity index (χ1v) is 9.54. The fourth-order valence-electron chi connectivity index (χ4n) is 2.09. The molecule has 0 fully saturated rings. The van der Waals surface area contributed by atoms with E-state index in [-0.39, 0.29) is 5.91 Å². The van der Waals surface area contributed by atoms with E-state index in [4.69, 9.17) is 16.3 Å². The van der Waals surface area contributed by atoms with Gasteiger partial charge in [0.1, 0.15) is 5.75 Å². The second kappa shape index (κ2) is 11.0. The summed E-state index contributed by atoms with van der Waals surface area (Å²) in [6, 6.07) is 17.5. The summed E-state index contributed by atoms with van der Waals surface area (Å²) in [6.45, 7) is 1.23. The van der Waals surface area contributed by atoms with Gasteiger partial charge < -0.3 is 10.1 Å². The van der Waals surface area contributed by atoms with Gasteiger partial charge in [-0.05, 0) is 30.2 Å². The monoisotopic (exact) mass is 363 g/mol. The van der Waals surface area contributed by atoms with E-state index in [9.17, 15) is 4.79 Å². The molecule has 0 heterocycles. The molecule has 0 aliphatic heterocycles. The molecular formula is C19H22ClNO2S. The number of amides is 1. The Balaban J connectivity index is 1.48. The first-order valence-electron chi connectivity index (χ1n) is 8.01. The predicted molar refractivity (Wildman–Crippen MR) is 102 cm³/mol. The van der Waals surface area contributed by atoms with E-state index in [1.54, 1.807) is 11.8 Å². The summed E-state index contributed by atoms with van der Waals surface area (Å²) >= 11 is 7.87. The van der Waals surface area contributed by atoms with Crippen molar-refractivity contribution < 1.29 is 9.53 Å². The maximum atomic E-state index is 11.7. The van der Waals surface area contributed by atoms with Crippen molar-refractivity contribution in [1.29, 1.82) is 0 Å². The lowest BCUT2D eigenvalue weighted by molar-refractivity contribution is -0.121. The van der Waals surface area contributed by atoms with Crippen molar-refractivity contribution in [3.05, 3.63) is 65.2 Å². The molecule has 24 heavy (non-hydrogen) atoms. The second-order valence-electron chi connectivity index (χ2n) is 5.26. The van der Waals surface area contributed by atoms with Crippen molar-refractivity contribution in [2.75, 3.05) is 18.9 Å². The zero-order chi connectivity index (χ0) is 17.0. The molecule has 1 N–H and O–H groups in total. The lowest BCUT2D eigenvalue weighted by atomic mass is 10.2. The van der Waals surface area contributed by atoms with E-state index in [1.165, 1.54) is 0 Å². The summed E-state index contributed by atoms with van der Waals surface area (Å²) in [7, 11) is 0. The van der Waals surface area contributed by atoms with Crippen LogP contribution in [0.5, 0.6) is 5.75 Å². The van der Waals surface area contributed by atoms with Crippen molar-refractivity contribution in [1.82, 2.24) is 5.32 Å².